The lowest BCUT2D eigenvalue weighted by atomic mass is 10.0. The summed E-state index contributed by atoms with van der Waals surface area (Å²) in [4.78, 5) is 16.6. The van der Waals surface area contributed by atoms with Crippen LogP contribution in [-0.2, 0) is 0 Å². The highest BCUT2D eigenvalue weighted by Gasteiger charge is 2.17. The molecule has 21 heavy (non-hydrogen) atoms. The Hall–Kier alpha value is -2.12. The maximum absolute atomic E-state index is 12.5. The molecule has 2 aromatic rings. The molecule has 106 valence electrons. The molecule has 4 heteroatoms. The first kappa shape index (κ1) is 15.3. The van der Waals surface area contributed by atoms with E-state index in [9.17, 15) is 4.79 Å². The van der Waals surface area contributed by atoms with Crippen molar-refractivity contribution in [3.05, 3.63) is 58.8 Å². The number of Topliss-reactive ketones (excluding diaryl/α,β-unsaturated/α-hetero) is 1. The van der Waals surface area contributed by atoms with E-state index in [4.69, 9.17) is 5.26 Å². The summed E-state index contributed by atoms with van der Waals surface area (Å²) >= 11 is 1.37. The fraction of sp³-hybridized carbons (Fsp3) is 0.235. The molecule has 1 unspecified atom stereocenters. The highest BCUT2D eigenvalue weighted by atomic mass is 32.2. The van der Waals surface area contributed by atoms with Gasteiger partial charge in [-0.3, -0.25) is 4.79 Å². The lowest BCUT2D eigenvalue weighted by molar-refractivity contribution is 0.0994. The molecule has 0 saturated heterocycles. The van der Waals surface area contributed by atoms with E-state index in [1.165, 1.54) is 17.3 Å². The lowest BCUT2D eigenvalue weighted by Gasteiger charge is -2.11. The van der Waals surface area contributed by atoms with Crippen LogP contribution in [-0.4, -0.2) is 16.0 Å². The number of rotatable bonds is 4. The van der Waals surface area contributed by atoms with E-state index in [-0.39, 0.29) is 11.0 Å². The molecule has 0 saturated carbocycles. The van der Waals surface area contributed by atoms with Gasteiger partial charge in [0.1, 0.15) is 0 Å². The number of hydrogen-bond acceptors (Lipinski definition) is 4. The number of nitrogens with zero attached hydrogens (tertiary/aromatic N) is 2. The number of carbonyl (C=O) groups is 1. The largest absolute Gasteiger partial charge is 0.293 e. The van der Waals surface area contributed by atoms with Crippen LogP contribution in [0.15, 0.2) is 41.6 Å². The quantitative estimate of drug-likeness (QED) is 0.633. The maximum Gasteiger partial charge on any atom is 0.175 e. The average molecular weight is 296 g/mol. The van der Waals surface area contributed by atoms with Crippen LogP contribution in [0.25, 0.3) is 0 Å². The van der Waals surface area contributed by atoms with E-state index >= 15 is 0 Å². The van der Waals surface area contributed by atoms with Crippen LogP contribution in [0.5, 0.6) is 0 Å². The number of aryl methyl sites for hydroxylation is 2. The monoisotopic (exact) mass is 296 g/mol. The summed E-state index contributed by atoms with van der Waals surface area (Å²) in [5, 5.41) is 9.34. The van der Waals surface area contributed by atoms with Gasteiger partial charge in [-0.2, -0.15) is 5.26 Å². The topological polar surface area (TPSA) is 53.8 Å². The molecule has 0 radical (unpaired) electrons. The van der Waals surface area contributed by atoms with E-state index in [0.29, 0.717) is 10.6 Å². The molecular formula is C17H16N2OS. The Morgan fingerprint density at radius 1 is 1.24 bits per heavy atom. The van der Waals surface area contributed by atoms with Crippen molar-refractivity contribution in [2.75, 3.05) is 0 Å². The molecule has 1 aromatic carbocycles. The molecular weight excluding hydrogens is 280 g/mol. The van der Waals surface area contributed by atoms with Gasteiger partial charge in [0.15, 0.2) is 5.78 Å². The third-order valence-corrected chi connectivity index (χ3v) is 4.35. The van der Waals surface area contributed by atoms with Gasteiger partial charge in [0.2, 0.25) is 0 Å². The molecule has 2 rings (SSSR count). The number of carbonyl (C=O) groups excluding carboxylic acids is 1. The molecule has 0 aliphatic carbocycles. The van der Waals surface area contributed by atoms with E-state index in [2.05, 4.69) is 11.1 Å². The fourth-order valence-electron chi connectivity index (χ4n) is 1.91. The van der Waals surface area contributed by atoms with E-state index in [1.807, 2.05) is 39.0 Å². The minimum absolute atomic E-state index is 0.0762. The minimum Gasteiger partial charge on any atom is -0.293 e. The smallest absolute Gasteiger partial charge is 0.175 e. The molecule has 1 heterocycles. The van der Waals surface area contributed by atoms with Crippen molar-refractivity contribution >= 4 is 17.5 Å². The summed E-state index contributed by atoms with van der Waals surface area (Å²) in [7, 11) is 0. The van der Waals surface area contributed by atoms with Gasteiger partial charge >= 0.3 is 0 Å². The van der Waals surface area contributed by atoms with Gasteiger partial charge in [-0.1, -0.05) is 23.9 Å². The SMILES string of the molecule is Cc1ccc(C(=O)C(C)Sc2cc(C#N)ccn2)cc1C. The molecule has 0 spiro atoms. The zero-order valence-electron chi connectivity index (χ0n) is 12.3. The number of ketones is 1. The van der Waals surface area contributed by atoms with E-state index in [0.717, 1.165) is 11.1 Å². The van der Waals surface area contributed by atoms with Gasteiger partial charge in [0.05, 0.1) is 21.9 Å². The van der Waals surface area contributed by atoms with Crippen molar-refractivity contribution < 1.29 is 4.79 Å². The van der Waals surface area contributed by atoms with E-state index < -0.39 is 0 Å². The predicted molar refractivity (Wildman–Crippen MR) is 84.5 cm³/mol. The molecule has 0 amide bonds. The van der Waals surface area contributed by atoms with Crippen molar-refractivity contribution in [3.63, 3.8) is 0 Å². The number of benzene rings is 1. The van der Waals surface area contributed by atoms with Gasteiger partial charge in [-0.25, -0.2) is 4.98 Å². The van der Waals surface area contributed by atoms with Crippen LogP contribution in [0.3, 0.4) is 0 Å². The second-order valence-corrected chi connectivity index (χ2v) is 6.28. The molecule has 0 bridgehead atoms. The fourth-order valence-corrected chi connectivity index (χ4v) is 2.83. The lowest BCUT2D eigenvalue weighted by Crippen LogP contribution is -2.14. The Morgan fingerprint density at radius 3 is 2.67 bits per heavy atom. The number of hydrogen-bond donors (Lipinski definition) is 0. The van der Waals surface area contributed by atoms with Crippen LogP contribution in [0.2, 0.25) is 0 Å². The Kier molecular flexibility index (Phi) is 4.77. The summed E-state index contributed by atoms with van der Waals surface area (Å²) in [5.41, 5.74) is 3.56. The molecule has 0 aliphatic rings. The Bertz CT molecular complexity index is 719. The predicted octanol–water partition coefficient (Wildman–Crippen LogP) is 3.93. The third-order valence-electron chi connectivity index (χ3n) is 3.32. The molecule has 1 aromatic heterocycles. The summed E-state index contributed by atoms with van der Waals surface area (Å²) in [6.07, 6.45) is 1.59. The zero-order valence-corrected chi connectivity index (χ0v) is 13.1. The highest BCUT2D eigenvalue weighted by Crippen LogP contribution is 2.25. The zero-order chi connectivity index (χ0) is 15.4. The van der Waals surface area contributed by atoms with Gasteiger partial charge in [-0.05, 0) is 50.1 Å². The average Bonchev–Trinajstić information content (AvgIpc) is 2.49. The highest BCUT2D eigenvalue weighted by molar-refractivity contribution is 8.00. The van der Waals surface area contributed by atoms with Crippen LogP contribution in [0.1, 0.15) is 34.0 Å². The van der Waals surface area contributed by atoms with Crippen LogP contribution in [0.4, 0.5) is 0 Å². The van der Waals surface area contributed by atoms with Gasteiger partial charge in [0.25, 0.3) is 0 Å². The normalized spacial score (nSPS) is 11.7. The van der Waals surface area contributed by atoms with Gasteiger partial charge in [0, 0.05) is 11.8 Å². The van der Waals surface area contributed by atoms with E-state index in [1.54, 1.807) is 18.3 Å². The Balaban J connectivity index is 2.15. The first-order valence-electron chi connectivity index (χ1n) is 6.65. The van der Waals surface area contributed by atoms with Gasteiger partial charge in [-0.15, -0.1) is 0 Å². The number of pyridine rings is 1. The van der Waals surface area contributed by atoms with Crippen molar-refractivity contribution in [3.8, 4) is 6.07 Å². The molecule has 0 fully saturated rings. The summed E-state index contributed by atoms with van der Waals surface area (Å²) in [6, 6.07) is 11.2. The van der Waals surface area contributed by atoms with Crippen LogP contribution < -0.4 is 0 Å². The molecule has 0 aliphatic heterocycles. The van der Waals surface area contributed by atoms with Crippen LogP contribution in [0, 0.1) is 25.2 Å². The number of thioether (sulfide) groups is 1. The van der Waals surface area contributed by atoms with Crippen molar-refractivity contribution in [2.24, 2.45) is 0 Å². The minimum atomic E-state index is -0.242. The number of nitriles is 1. The maximum atomic E-state index is 12.5. The van der Waals surface area contributed by atoms with Crippen LogP contribution >= 0.6 is 11.8 Å². The number of aromatic nitrogens is 1. The van der Waals surface area contributed by atoms with Crippen molar-refractivity contribution in [2.45, 2.75) is 31.0 Å². The summed E-state index contributed by atoms with van der Waals surface area (Å²) < 4.78 is 0. The summed E-state index contributed by atoms with van der Waals surface area (Å²) in [6.45, 7) is 5.89. The molecule has 3 nitrogen and oxygen atoms in total. The first-order chi connectivity index (χ1) is 10.0. The standard InChI is InChI=1S/C17H16N2OS/c1-11-4-5-15(8-12(11)2)17(20)13(3)21-16-9-14(10-18)6-7-19-16/h4-9,13H,1-3H3. The second kappa shape index (κ2) is 6.55. The second-order valence-electron chi connectivity index (χ2n) is 4.92. The van der Waals surface area contributed by atoms with Crippen molar-refractivity contribution in [1.29, 1.82) is 5.26 Å². The molecule has 0 N–H and O–H groups in total. The third kappa shape index (κ3) is 3.71. The first-order valence-corrected chi connectivity index (χ1v) is 7.53. The van der Waals surface area contributed by atoms with Gasteiger partial charge < -0.3 is 0 Å². The Morgan fingerprint density at radius 2 is 2.00 bits per heavy atom. The van der Waals surface area contributed by atoms with Crippen molar-refractivity contribution in [1.82, 2.24) is 4.98 Å². The Labute approximate surface area is 129 Å². The summed E-state index contributed by atoms with van der Waals surface area (Å²) in [5.74, 6) is 0.0762. The molecule has 1 atom stereocenters.